The molecule has 3 aromatic rings. The van der Waals surface area contributed by atoms with Crippen molar-refractivity contribution < 1.29 is 14.3 Å². The molecule has 4 rings (SSSR count). The van der Waals surface area contributed by atoms with E-state index in [0.717, 1.165) is 25.1 Å². The molecule has 1 aliphatic rings. The lowest BCUT2D eigenvalue weighted by atomic mass is 9.94. The topological polar surface area (TPSA) is 77.4 Å². The summed E-state index contributed by atoms with van der Waals surface area (Å²) in [6.07, 6.45) is 8.35. The molecule has 7 heteroatoms. The Labute approximate surface area is 169 Å². The third kappa shape index (κ3) is 4.18. The third-order valence-electron chi connectivity index (χ3n) is 4.99. The van der Waals surface area contributed by atoms with Gasteiger partial charge in [0.2, 0.25) is 5.88 Å². The zero-order valence-corrected chi connectivity index (χ0v) is 16.2. The number of piperidine rings is 1. The molecule has 1 aromatic carbocycles. The Morgan fingerprint density at radius 1 is 1.03 bits per heavy atom. The number of pyridine rings is 1. The van der Waals surface area contributed by atoms with E-state index in [1.807, 2.05) is 29.2 Å². The lowest BCUT2D eigenvalue weighted by molar-refractivity contribution is 0.0704. The fraction of sp³-hybridized carbons (Fsp3) is 0.273. The van der Waals surface area contributed by atoms with Gasteiger partial charge in [-0.3, -0.25) is 14.8 Å². The van der Waals surface area contributed by atoms with E-state index in [2.05, 4.69) is 15.0 Å². The lowest BCUT2D eigenvalue weighted by Crippen LogP contribution is -2.39. The molecule has 0 N–H and O–H groups in total. The van der Waals surface area contributed by atoms with Gasteiger partial charge in [-0.1, -0.05) is 12.1 Å². The van der Waals surface area contributed by atoms with Gasteiger partial charge in [0.1, 0.15) is 5.69 Å². The maximum absolute atomic E-state index is 12.9. The number of amides is 1. The van der Waals surface area contributed by atoms with Crippen molar-refractivity contribution in [3.05, 3.63) is 72.4 Å². The molecule has 2 aromatic heterocycles. The van der Waals surface area contributed by atoms with Crippen molar-refractivity contribution in [1.29, 1.82) is 0 Å². The summed E-state index contributed by atoms with van der Waals surface area (Å²) in [7, 11) is 1.60. The second-order valence-electron chi connectivity index (χ2n) is 6.83. The average molecular weight is 390 g/mol. The summed E-state index contributed by atoms with van der Waals surface area (Å²) < 4.78 is 11.4. The Morgan fingerprint density at radius 3 is 2.59 bits per heavy atom. The first kappa shape index (κ1) is 18.9. The number of benzene rings is 1. The Bertz CT molecular complexity index is 981. The summed E-state index contributed by atoms with van der Waals surface area (Å²) in [5.74, 6) is 1.71. The third-order valence-corrected chi connectivity index (χ3v) is 4.99. The molecule has 1 amide bonds. The predicted molar refractivity (Wildman–Crippen MR) is 107 cm³/mol. The van der Waals surface area contributed by atoms with E-state index >= 15 is 0 Å². The van der Waals surface area contributed by atoms with Crippen molar-refractivity contribution in [3.8, 4) is 17.4 Å². The Balaban J connectivity index is 1.56. The molecule has 1 aliphatic heterocycles. The van der Waals surface area contributed by atoms with Gasteiger partial charge in [0.15, 0.2) is 11.5 Å². The first-order valence-electron chi connectivity index (χ1n) is 9.57. The monoisotopic (exact) mass is 390 g/mol. The first-order chi connectivity index (χ1) is 14.3. The normalized spacial score (nSPS) is 16.3. The van der Waals surface area contributed by atoms with Crippen LogP contribution in [0.25, 0.3) is 0 Å². The summed E-state index contributed by atoms with van der Waals surface area (Å²) >= 11 is 0. The largest absolute Gasteiger partial charge is 0.493 e. The van der Waals surface area contributed by atoms with E-state index < -0.39 is 0 Å². The van der Waals surface area contributed by atoms with Gasteiger partial charge in [-0.15, -0.1) is 0 Å². The molecule has 0 saturated carbocycles. The molecule has 1 unspecified atom stereocenters. The van der Waals surface area contributed by atoms with Crippen molar-refractivity contribution in [3.63, 3.8) is 0 Å². The lowest BCUT2D eigenvalue weighted by Gasteiger charge is -2.32. The van der Waals surface area contributed by atoms with Gasteiger partial charge in [-0.2, -0.15) is 0 Å². The van der Waals surface area contributed by atoms with Crippen LogP contribution in [-0.2, 0) is 0 Å². The number of rotatable bonds is 5. The van der Waals surface area contributed by atoms with E-state index in [9.17, 15) is 4.79 Å². The van der Waals surface area contributed by atoms with Crippen molar-refractivity contribution in [1.82, 2.24) is 19.9 Å². The van der Waals surface area contributed by atoms with E-state index in [1.54, 1.807) is 44.0 Å². The van der Waals surface area contributed by atoms with Gasteiger partial charge in [-0.25, -0.2) is 4.98 Å². The van der Waals surface area contributed by atoms with E-state index in [1.165, 1.54) is 0 Å². The summed E-state index contributed by atoms with van der Waals surface area (Å²) in [6.45, 7) is 1.29. The summed E-state index contributed by atoms with van der Waals surface area (Å²) in [6, 6.07) is 10.9. The molecular formula is C22H22N4O3. The quantitative estimate of drug-likeness (QED) is 0.661. The minimum atomic E-state index is 0.00758. The Morgan fingerprint density at radius 2 is 1.79 bits per heavy atom. The van der Waals surface area contributed by atoms with Crippen molar-refractivity contribution in [2.75, 3.05) is 20.2 Å². The number of carbonyl (C=O) groups excluding carboxylic acids is 1. The van der Waals surface area contributed by atoms with Crippen molar-refractivity contribution in [2.24, 2.45) is 0 Å². The smallest absolute Gasteiger partial charge is 0.253 e. The molecule has 3 heterocycles. The van der Waals surface area contributed by atoms with Crippen molar-refractivity contribution >= 4 is 5.91 Å². The van der Waals surface area contributed by atoms with Gasteiger partial charge in [0.05, 0.1) is 7.11 Å². The number of likely N-dealkylation sites (tertiary alicyclic amines) is 1. The Hall–Kier alpha value is -3.48. The van der Waals surface area contributed by atoms with Gasteiger partial charge in [0.25, 0.3) is 5.91 Å². The molecular weight excluding hydrogens is 368 g/mol. The summed E-state index contributed by atoms with van der Waals surface area (Å²) in [4.78, 5) is 27.6. The minimum absolute atomic E-state index is 0.00758. The van der Waals surface area contributed by atoms with Crippen LogP contribution in [0.4, 0.5) is 0 Å². The number of ether oxygens (including phenoxy) is 2. The standard InChI is InChI=1S/C22H22N4O3/c1-28-18-6-2-3-7-19(18)29-21-20(24-12-13-25-21)17-5-4-14-26(15-17)22(27)16-8-10-23-11-9-16/h2-3,6-13,17H,4-5,14-15H2,1H3. The van der Waals surface area contributed by atoms with Crippen LogP contribution >= 0.6 is 0 Å². The molecule has 0 radical (unpaired) electrons. The zero-order chi connectivity index (χ0) is 20.1. The highest BCUT2D eigenvalue weighted by molar-refractivity contribution is 5.94. The average Bonchev–Trinajstić information content (AvgIpc) is 2.80. The first-order valence-corrected chi connectivity index (χ1v) is 9.57. The number of carbonyl (C=O) groups is 1. The highest BCUT2D eigenvalue weighted by Gasteiger charge is 2.29. The maximum Gasteiger partial charge on any atom is 0.253 e. The number of para-hydroxylation sites is 2. The molecule has 7 nitrogen and oxygen atoms in total. The van der Waals surface area contributed by atoms with Gasteiger partial charge >= 0.3 is 0 Å². The van der Waals surface area contributed by atoms with E-state index in [0.29, 0.717) is 29.5 Å². The number of nitrogens with zero attached hydrogens (tertiary/aromatic N) is 4. The van der Waals surface area contributed by atoms with Crippen LogP contribution in [0.1, 0.15) is 34.8 Å². The van der Waals surface area contributed by atoms with Gasteiger partial charge < -0.3 is 14.4 Å². The molecule has 0 bridgehead atoms. The fourth-order valence-electron chi connectivity index (χ4n) is 3.56. The molecule has 148 valence electrons. The minimum Gasteiger partial charge on any atom is -0.493 e. The number of hydrogen-bond donors (Lipinski definition) is 0. The molecule has 1 saturated heterocycles. The fourth-order valence-corrected chi connectivity index (χ4v) is 3.56. The van der Waals surface area contributed by atoms with Gasteiger partial charge in [0, 0.05) is 49.4 Å². The number of aromatic nitrogens is 3. The molecule has 1 atom stereocenters. The molecule has 0 spiro atoms. The Kier molecular flexibility index (Phi) is 5.65. The predicted octanol–water partition coefficient (Wildman–Crippen LogP) is 3.69. The van der Waals surface area contributed by atoms with E-state index in [4.69, 9.17) is 9.47 Å². The molecule has 0 aliphatic carbocycles. The summed E-state index contributed by atoms with van der Waals surface area (Å²) in [5, 5.41) is 0. The second kappa shape index (κ2) is 8.68. The van der Waals surface area contributed by atoms with Crippen LogP contribution in [0.3, 0.4) is 0 Å². The SMILES string of the molecule is COc1ccccc1Oc1nccnc1C1CCCN(C(=O)c2ccncc2)C1. The molecule has 1 fully saturated rings. The maximum atomic E-state index is 12.9. The highest BCUT2D eigenvalue weighted by Crippen LogP contribution is 2.35. The van der Waals surface area contributed by atoms with Crippen LogP contribution < -0.4 is 9.47 Å². The summed E-state index contributed by atoms with van der Waals surface area (Å²) in [5.41, 5.74) is 1.40. The van der Waals surface area contributed by atoms with Crippen LogP contribution in [0, 0.1) is 0 Å². The number of hydrogen-bond acceptors (Lipinski definition) is 6. The zero-order valence-electron chi connectivity index (χ0n) is 16.2. The van der Waals surface area contributed by atoms with Crippen LogP contribution in [0.15, 0.2) is 61.2 Å². The van der Waals surface area contributed by atoms with E-state index in [-0.39, 0.29) is 11.8 Å². The van der Waals surface area contributed by atoms with Gasteiger partial charge in [-0.05, 0) is 37.1 Å². The number of methoxy groups -OCH3 is 1. The highest BCUT2D eigenvalue weighted by atomic mass is 16.5. The second-order valence-corrected chi connectivity index (χ2v) is 6.83. The van der Waals surface area contributed by atoms with Crippen LogP contribution in [0.5, 0.6) is 17.4 Å². The van der Waals surface area contributed by atoms with Crippen molar-refractivity contribution in [2.45, 2.75) is 18.8 Å². The molecule has 29 heavy (non-hydrogen) atoms. The van der Waals surface area contributed by atoms with Crippen LogP contribution in [-0.4, -0.2) is 46.0 Å². The van der Waals surface area contributed by atoms with Crippen LogP contribution in [0.2, 0.25) is 0 Å².